The lowest BCUT2D eigenvalue weighted by Crippen LogP contribution is -2.42. The highest BCUT2D eigenvalue weighted by Crippen LogP contribution is 2.26. The van der Waals surface area contributed by atoms with Gasteiger partial charge in [-0.1, -0.05) is 41.9 Å². The van der Waals surface area contributed by atoms with Crippen LogP contribution < -0.4 is 15.4 Å². The molecule has 0 bridgehead atoms. The number of hydrogen-bond acceptors (Lipinski definition) is 3. The Morgan fingerprint density at radius 2 is 1.92 bits per heavy atom. The van der Waals surface area contributed by atoms with Crippen molar-refractivity contribution in [2.45, 2.75) is 13.0 Å². The van der Waals surface area contributed by atoms with Gasteiger partial charge >= 0.3 is 6.03 Å². The van der Waals surface area contributed by atoms with Gasteiger partial charge in [0, 0.05) is 18.2 Å². The Balaban J connectivity index is 2.24. The Bertz CT molecular complexity index is 725. The third-order valence-corrected chi connectivity index (χ3v) is 3.35. The van der Waals surface area contributed by atoms with Crippen LogP contribution in [0.4, 0.5) is 9.18 Å². The summed E-state index contributed by atoms with van der Waals surface area (Å²) >= 11 is 5.73. The topological polar surface area (TPSA) is 67.4 Å². The first-order valence-corrected chi connectivity index (χ1v) is 7.64. The van der Waals surface area contributed by atoms with Crippen LogP contribution in [0.15, 0.2) is 48.5 Å². The molecule has 0 aliphatic carbocycles. The minimum Gasteiger partial charge on any atom is -0.476 e. The van der Waals surface area contributed by atoms with Crippen molar-refractivity contribution in [3.8, 4) is 5.75 Å². The van der Waals surface area contributed by atoms with Crippen molar-refractivity contribution >= 4 is 23.5 Å². The van der Waals surface area contributed by atoms with Crippen LogP contribution in [0.3, 0.4) is 0 Å². The molecule has 0 saturated heterocycles. The quantitative estimate of drug-likeness (QED) is 0.868. The van der Waals surface area contributed by atoms with Crippen molar-refractivity contribution in [3.63, 3.8) is 0 Å². The molecule has 0 aromatic heterocycles. The molecule has 24 heavy (non-hydrogen) atoms. The summed E-state index contributed by atoms with van der Waals surface area (Å²) in [5, 5.41) is 4.55. The van der Waals surface area contributed by atoms with E-state index in [2.05, 4.69) is 10.6 Å². The lowest BCUT2D eigenvalue weighted by Gasteiger charge is -2.19. The van der Waals surface area contributed by atoms with Crippen molar-refractivity contribution in [2.24, 2.45) is 0 Å². The van der Waals surface area contributed by atoms with E-state index in [1.54, 1.807) is 37.3 Å². The summed E-state index contributed by atoms with van der Waals surface area (Å²) in [7, 11) is 0. The zero-order valence-corrected chi connectivity index (χ0v) is 13.6. The number of amides is 3. The van der Waals surface area contributed by atoms with E-state index >= 15 is 0 Å². The lowest BCUT2D eigenvalue weighted by atomic mass is 10.1. The molecule has 2 aromatic carbocycles. The Kier molecular flexibility index (Phi) is 6.14. The highest BCUT2D eigenvalue weighted by molar-refractivity contribution is 6.30. The van der Waals surface area contributed by atoms with Crippen LogP contribution in [-0.4, -0.2) is 18.5 Å². The van der Waals surface area contributed by atoms with Crippen LogP contribution in [0.25, 0.3) is 0 Å². The predicted molar refractivity (Wildman–Crippen MR) is 88.4 cm³/mol. The summed E-state index contributed by atoms with van der Waals surface area (Å²) < 4.78 is 18.9. The summed E-state index contributed by atoms with van der Waals surface area (Å²) in [6.45, 7) is 2.11. The fourth-order valence-electron chi connectivity index (χ4n) is 1.97. The van der Waals surface area contributed by atoms with E-state index in [1.807, 2.05) is 0 Å². The zero-order valence-electron chi connectivity index (χ0n) is 12.9. The summed E-state index contributed by atoms with van der Waals surface area (Å²) in [5.41, 5.74) is 0.541. The molecule has 0 fully saturated rings. The van der Waals surface area contributed by atoms with E-state index < -0.39 is 23.9 Å². The molecule has 0 heterocycles. The second-order valence-electron chi connectivity index (χ2n) is 4.83. The Morgan fingerprint density at radius 3 is 2.54 bits per heavy atom. The molecule has 7 heteroatoms. The van der Waals surface area contributed by atoms with Gasteiger partial charge in [-0.25, -0.2) is 9.18 Å². The first-order chi connectivity index (χ1) is 11.5. The smallest absolute Gasteiger partial charge is 0.321 e. The molecule has 2 rings (SSSR count). The van der Waals surface area contributed by atoms with Gasteiger partial charge in [-0.3, -0.25) is 10.1 Å². The molecular formula is C17H16ClFN2O3. The van der Waals surface area contributed by atoms with Crippen molar-refractivity contribution in [1.82, 2.24) is 10.6 Å². The van der Waals surface area contributed by atoms with Gasteiger partial charge in [0.25, 0.3) is 5.91 Å². The van der Waals surface area contributed by atoms with Crippen molar-refractivity contribution in [1.29, 1.82) is 0 Å². The molecule has 0 unspecified atom stereocenters. The summed E-state index contributed by atoms with van der Waals surface area (Å²) in [6, 6.07) is 11.8. The Hall–Kier alpha value is -2.60. The number of halogens is 2. The highest BCUT2D eigenvalue weighted by Gasteiger charge is 2.24. The van der Waals surface area contributed by atoms with Gasteiger partial charge < -0.3 is 10.1 Å². The van der Waals surface area contributed by atoms with Crippen LogP contribution in [-0.2, 0) is 4.79 Å². The average Bonchev–Trinajstić information content (AvgIpc) is 2.56. The van der Waals surface area contributed by atoms with Crippen LogP contribution in [0.2, 0.25) is 5.02 Å². The fourth-order valence-corrected chi connectivity index (χ4v) is 2.14. The van der Waals surface area contributed by atoms with E-state index in [0.29, 0.717) is 12.1 Å². The van der Waals surface area contributed by atoms with Crippen molar-refractivity contribution < 1.29 is 18.7 Å². The lowest BCUT2D eigenvalue weighted by molar-refractivity contribution is -0.127. The molecule has 0 aliphatic heterocycles. The van der Waals surface area contributed by atoms with E-state index in [-0.39, 0.29) is 10.8 Å². The molecule has 1 atom stereocenters. The molecule has 5 nitrogen and oxygen atoms in total. The fraction of sp³-hybridized carbons (Fsp3) is 0.176. The number of nitrogens with one attached hydrogen (secondary N) is 2. The van der Waals surface area contributed by atoms with Gasteiger partial charge in [-0.2, -0.15) is 0 Å². The SMILES string of the molecule is CCNC(=O)NC(=O)[C@H](Oc1ccc(F)c(Cl)c1)c1ccccc1. The zero-order chi connectivity index (χ0) is 17.5. The number of benzene rings is 2. The van der Waals surface area contributed by atoms with Crippen LogP contribution in [0.1, 0.15) is 18.6 Å². The molecule has 0 radical (unpaired) electrons. The second kappa shape index (κ2) is 8.31. The average molecular weight is 351 g/mol. The maximum Gasteiger partial charge on any atom is 0.321 e. The Labute approximate surface area is 143 Å². The number of carbonyl (C=O) groups excluding carboxylic acids is 2. The summed E-state index contributed by atoms with van der Waals surface area (Å²) in [5.74, 6) is -1.03. The molecular weight excluding hydrogens is 335 g/mol. The highest BCUT2D eigenvalue weighted by atomic mass is 35.5. The molecule has 0 aliphatic rings. The van der Waals surface area contributed by atoms with Crippen LogP contribution in [0, 0.1) is 5.82 Å². The predicted octanol–water partition coefficient (Wildman–Crippen LogP) is 3.44. The van der Waals surface area contributed by atoms with E-state index in [0.717, 1.165) is 6.07 Å². The first-order valence-electron chi connectivity index (χ1n) is 7.26. The van der Waals surface area contributed by atoms with Crippen molar-refractivity contribution in [2.75, 3.05) is 6.54 Å². The van der Waals surface area contributed by atoms with Gasteiger partial charge in [-0.05, 0) is 19.1 Å². The molecule has 0 saturated carbocycles. The third-order valence-electron chi connectivity index (χ3n) is 3.06. The monoisotopic (exact) mass is 350 g/mol. The summed E-state index contributed by atoms with van der Waals surface area (Å²) in [6.07, 6.45) is -1.09. The maximum absolute atomic E-state index is 13.3. The largest absolute Gasteiger partial charge is 0.476 e. The molecule has 126 valence electrons. The van der Waals surface area contributed by atoms with Gasteiger partial charge in [0.2, 0.25) is 6.10 Å². The minimum absolute atomic E-state index is 0.122. The normalized spacial score (nSPS) is 11.5. The van der Waals surface area contributed by atoms with Crippen LogP contribution in [0.5, 0.6) is 5.75 Å². The standard InChI is InChI=1S/C17H16ClFN2O3/c1-2-20-17(23)21-16(22)15(11-6-4-3-5-7-11)24-12-8-9-14(19)13(18)10-12/h3-10,15H,2H2,1H3,(H2,20,21,22,23)/t15-/m1/s1. The number of ether oxygens (including phenoxy) is 1. The van der Waals surface area contributed by atoms with E-state index in [4.69, 9.17) is 16.3 Å². The Morgan fingerprint density at radius 1 is 1.21 bits per heavy atom. The molecule has 3 amide bonds. The van der Waals surface area contributed by atoms with Gasteiger partial charge in [0.1, 0.15) is 11.6 Å². The summed E-state index contributed by atoms with van der Waals surface area (Å²) in [4.78, 5) is 24.0. The van der Waals surface area contributed by atoms with E-state index in [9.17, 15) is 14.0 Å². The minimum atomic E-state index is -1.09. The van der Waals surface area contributed by atoms with Crippen molar-refractivity contribution in [3.05, 3.63) is 64.9 Å². The van der Waals surface area contributed by atoms with E-state index in [1.165, 1.54) is 12.1 Å². The number of carbonyl (C=O) groups is 2. The molecule has 2 N–H and O–H groups in total. The molecule has 0 spiro atoms. The maximum atomic E-state index is 13.3. The molecule has 2 aromatic rings. The van der Waals surface area contributed by atoms with Gasteiger partial charge in [-0.15, -0.1) is 0 Å². The van der Waals surface area contributed by atoms with Gasteiger partial charge in [0.05, 0.1) is 5.02 Å². The third kappa shape index (κ3) is 4.70. The number of urea groups is 1. The van der Waals surface area contributed by atoms with Gasteiger partial charge in [0.15, 0.2) is 0 Å². The number of hydrogen-bond donors (Lipinski definition) is 2. The number of rotatable bonds is 5. The number of imide groups is 1. The first kappa shape index (κ1) is 17.7. The van der Waals surface area contributed by atoms with Crippen LogP contribution >= 0.6 is 11.6 Å². The second-order valence-corrected chi connectivity index (χ2v) is 5.24.